The molecule has 0 radical (unpaired) electrons. The van der Waals surface area contributed by atoms with E-state index >= 15 is 0 Å². The van der Waals surface area contributed by atoms with E-state index in [1.165, 1.54) is 0 Å². The van der Waals surface area contributed by atoms with Crippen molar-refractivity contribution in [2.24, 2.45) is 23.7 Å². The van der Waals surface area contributed by atoms with Gasteiger partial charge in [0.15, 0.2) is 0 Å². The largest absolute Gasteiger partial charge is 0.457 e. The molecule has 1 saturated heterocycles. The third-order valence-electron chi connectivity index (χ3n) is 7.44. The lowest BCUT2D eigenvalue weighted by molar-refractivity contribution is -0.285. The SMILES string of the molecule is Cc1cccc2oc(=O)c3c(c12)OC1(C=CC(C)(C)O)OC3C2C(C)CCC2C1C. The fourth-order valence-electron chi connectivity index (χ4n) is 5.87. The summed E-state index contributed by atoms with van der Waals surface area (Å²) in [5, 5.41) is 11.2. The summed E-state index contributed by atoms with van der Waals surface area (Å²) < 4.78 is 19.0. The zero-order valence-electron chi connectivity index (χ0n) is 18.3. The fraction of sp³-hybridized carbons (Fsp3) is 0.560. The number of aliphatic hydroxyl groups is 1. The van der Waals surface area contributed by atoms with Gasteiger partial charge in [-0.15, -0.1) is 0 Å². The molecule has 1 aliphatic carbocycles. The lowest BCUT2D eigenvalue weighted by Gasteiger charge is -2.53. The second-order valence-corrected chi connectivity index (χ2v) is 10.0. The van der Waals surface area contributed by atoms with E-state index in [2.05, 4.69) is 13.8 Å². The van der Waals surface area contributed by atoms with Crippen molar-refractivity contribution in [2.45, 2.75) is 65.0 Å². The maximum atomic E-state index is 13.1. The highest BCUT2D eigenvalue weighted by atomic mass is 16.7. The molecule has 0 amide bonds. The van der Waals surface area contributed by atoms with Gasteiger partial charge in [0.1, 0.15) is 23.0 Å². The summed E-state index contributed by atoms with van der Waals surface area (Å²) in [7, 11) is 0. The Bertz CT molecular complexity index is 1090. The van der Waals surface area contributed by atoms with Crippen LogP contribution in [0.2, 0.25) is 0 Å². The maximum Gasteiger partial charge on any atom is 0.345 e. The van der Waals surface area contributed by atoms with Gasteiger partial charge in [0.25, 0.3) is 0 Å². The average molecular weight is 411 g/mol. The average Bonchev–Trinajstić information content (AvgIpc) is 3.05. The zero-order chi connectivity index (χ0) is 21.4. The highest BCUT2D eigenvalue weighted by Gasteiger charge is 2.60. The molecule has 1 N–H and O–H groups in total. The Hall–Kier alpha value is -2.11. The molecule has 5 rings (SSSR count). The quantitative estimate of drug-likeness (QED) is 0.564. The molecular weight excluding hydrogens is 380 g/mol. The molecule has 2 aliphatic heterocycles. The minimum absolute atomic E-state index is 0.0850. The predicted molar refractivity (Wildman–Crippen MR) is 114 cm³/mol. The molecule has 6 atom stereocenters. The molecule has 2 bridgehead atoms. The standard InChI is InChI=1S/C25H30O5/c1-13-7-6-8-17-19(13)22-20(23(26)28-17)21-18-14(2)9-10-16(18)15(3)25(29-21,30-22)12-11-24(4,5)27/h6-8,11-12,14-16,18,21,27H,9-10H2,1-5H3. The van der Waals surface area contributed by atoms with Crippen LogP contribution in [0, 0.1) is 30.6 Å². The van der Waals surface area contributed by atoms with Gasteiger partial charge in [-0.3, -0.25) is 0 Å². The maximum absolute atomic E-state index is 13.1. The van der Waals surface area contributed by atoms with Crippen molar-refractivity contribution >= 4 is 11.0 Å². The predicted octanol–water partition coefficient (Wildman–Crippen LogP) is 4.89. The summed E-state index contributed by atoms with van der Waals surface area (Å²) in [4.78, 5) is 13.1. The van der Waals surface area contributed by atoms with E-state index < -0.39 is 11.4 Å². The van der Waals surface area contributed by atoms with Crippen LogP contribution >= 0.6 is 0 Å². The normalized spacial score (nSPS) is 35.3. The minimum Gasteiger partial charge on any atom is -0.457 e. The van der Waals surface area contributed by atoms with Gasteiger partial charge in [-0.2, -0.15) is 0 Å². The van der Waals surface area contributed by atoms with Crippen molar-refractivity contribution < 1.29 is 19.0 Å². The Kier molecular flexibility index (Phi) is 4.26. The van der Waals surface area contributed by atoms with Crippen molar-refractivity contribution in [2.75, 3.05) is 0 Å². The number of benzene rings is 1. The van der Waals surface area contributed by atoms with E-state index in [1.54, 1.807) is 19.9 Å². The molecule has 3 aliphatic rings. The fourth-order valence-corrected chi connectivity index (χ4v) is 5.87. The van der Waals surface area contributed by atoms with Crippen LogP contribution in [0.15, 0.2) is 39.6 Å². The van der Waals surface area contributed by atoms with Crippen LogP contribution in [0.25, 0.3) is 11.0 Å². The molecule has 1 saturated carbocycles. The van der Waals surface area contributed by atoms with Gasteiger partial charge >= 0.3 is 5.63 Å². The highest BCUT2D eigenvalue weighted by Crippen LogP contribution is 2.61. The minimum atomic E-state index is -1.02. The number of ether oxygens (including phenoxy) is 2. The Labute approximate surface area is 176 Å². The Balaban J connectivity index is 1.80. The summed E-state index contributed by atoms with van der Waals surface area (Å²) in [6.07, 6.45) is 5.43. The van der Waals surface area contributed by atoms with Crippen LogP contribution in [0.5, 0.6) is 5.75 Å². The Morgan fingerprint density at radius 2 is 2.00 bits per heavy atom. The van der Waals surface area contributed by atoms with E-state index in [1.807, 2.05) is 31.2 Å². The molecule has 0 spiro atoms. The lowest BCUT2D eigenvalue weighted by atomic mass is 9.70. The van der Waals surface area contributed by atoms with Crippen LogP contribution in [0.3, 0.4) is 0 Å². The topological polar surface area (TPSA) is 68.9 Å². The number of fused-ring (bicyclic) bond motifs is 8. The Morgan fingerprint density at radius 3 is 2.73 bits per heavy atom. The molecule has 6 unspecified atom stereocenters. The molecule has 5 heteroatoms. The van der Waals surface area contributed by atoms with Gasteiger partial charge in [0.05, 0.1) is 11.0 Å². The number of aryl methyl sites for hydroxylation is 1. The number of hydrogen-bond acceptors (Lipinski definition) is 5. The van der Waals surface area contributed by atoms with Crippen LogP contribution in [0.1, 0.15) is 57.8 Å². The van der Waals surface area contributed by atoms with Gasteiger partial charge in [0.2, 0.25) is 5.79 Å². The third-order valence-corrected chi connectivity index (χ3v) is 7.44. The molecule has 160 valence electrons. The van der Waals surface area contributed by atoms with Gasteiger partial charge in [-0.05, 0) is 62.7 Å². The molecule has 2 aromatic rings. The smallest absolute Gasteiger partial charge is 0.345 e. The summed E-state index contributed by atoms with van der Waals surface area (Å²) in [6.45, 7) is 9.89. The van der Waals surface area contributed by atoms with Crippen molar-refractivity contribution in [3.05, 3.63) is 51.9 Å². The van der Waals surface area contributed by atoms with E-state index in [4.69, 9.17) is 13.9 Å². The van der Waals surface area contributed by atoms with E-state index in [0.29, 0.717) is 28.7 Å². The van der Waals surface area contributed by atoms with Crippen molar-refractivity contribution in [1.29, 1.82) is 0 Å². The molecular formula is C25H30O5. The monoisotopic (exact) mass is 410 g/mol. The highest BCUT2D eigenvalue weighted by molar-refractivity contribution is 5.88. The van der Waals surface area contributed by atoms with Crippen LogP contribution in [-0.2, 0) is 4.74 Å². The van der Waals surface area contributed by atoms with Crippen molar-refractivity contribution in [1.82, 2.24) is 0 Å². The van der Waals surface area contributed by atoms with Crippen LogP contribution in [0.4, 0.5) is 0 Å². The first kappa shape index (κ1) is 19.8. The van der Waals surface area contributed by atoms with E-state index in [-0.39, 0.29) is 23.6 Å². The van der Waals surface area contributed by atoms with E-state index in [9.17, 15) is 9.90 Å². The lowest BCUT2D eigenvalue weighted by Crippen LogP contribution is -2.57. The summed E-state index contributed by atoms with van der Waals surface area (Å²) in [5.74, 6) is 0.728. The molecule has 30 heavy (non-hydrogen) atoms. The van der Waals surface area contributed by atoms with Crippen LogP contribution in [-0.4, -0.2) is 16.5 Å². The Morgan fingerprint density at radius 1 is 1.23 bits per heavy atom. The first-order valence-electron chi connectivity index (χ1n) is 11.0. The summed E-state index contributed by atoms with van der Waals surface area (Å²) in [6, 6.07) is 5.69. The van der Waals surface area contributed by atoms with Crippen molar-refractivity contribution in [3.63, 3.8) is 0 Å². The van der Waals surface area contributed by atoms with Gasteiger partial charge in [0, 0.05) is 5.92 Å². The molecule has 5 nitrogen and oxygen atoms in total. The van der Waals surface area contributed by atoms with E-state index in [0.717, 1.165) is 23.8 Å². The second kappa shape index (κ2) is 6.44. The second-order valence-electron chi connectivity index (χ2n) is 10.0. The molecule has 1 aromatic heterocycles. The molecule has 1 aromatic carbocycles. The molecule has 3 heterocycles. The van der Waals surface area contributed by atoms with Gasteiger partial charge in [-0.1, -0.05) is 38.5 Å². The first-order chi connectivity index (χ1) is 14.1. The first-order valence-corrected chi connectivity index (χ1v) is 11.0. The molecule has 2 fully saturated rings. The van der Waals surface area contributed by atoms with Gasteiger partial charge in [-0.25, -0.2) is 4.79 Å². The van der Waals surface area contributed by atoms with Crippen LogP contribution < -0.4 is 10.4 Å². The van der Waals surface area contributed by atoms with Gasteiger partial charge < -0.3 is 19.0 Å². The summed E-state index contributed by atoms with van der Waals surface area (Å²) in [5.41, 5.74) is 0.673. The van der Waals surface area contributed by atoms with Crippen molar-refractivity contribution in [3.8, 4) is 5.75 Å². The zero-order valence-corrected chi connectivity index (χ0v) is 18.3. The number of rotatable bonds is 2. The third kappa shape index (κ3) is 2.78. The summed E-state index contributed by atoms with van der Waals surface area (Å²) >= 11 is 0. The number of hydrogen-bond donors (Lipinski definition) is 1.